The predicted molar refractivity (Wildman–Crippen MR) is 192 cm³/mol. The summed E-state index contributed by atoms with van der Waals surface area (Å²) in [6.07, 6.45) is 0. The van der Waals surface area contributed by atoms with Gasteiger partial charge in [-0.1, -0.05) is 76.4 Å². The first-order valence-corrected chi connectivity index (χ1v) is 22.2. The molecule has 42 heavy (non-hydrogen) atoms. The van der Waals surface area contributed by atoms with E-state index in [0.29, 0.717) is 21.7 Å². The lowest BCUT2D eigenvalue weighted by Gasteiger charge is -2.18. The van der Waals surface area contributed by atoms with Crippen LogP contribution < -0.4 is 10.6 Å². The van der Waals surface area contributed by atoms with E-state index in [0.717, 1.165) is 33.4 Å². The Morgan fingerprint density at radius 2 is 1.05 bits per heavy atom. The topological polar surface area (TPSA) is 77.5 Å². The summed E-state index contributed by atoms with van der Waals surface area (Å²) in [5, 5.41) is 1.01. The van der Waals surface area contributed by atoms with Crippen molar-refractivity contribution < 1.29 is 23.2 Å². The van der Waals surface area contributed by atoms with Crippen LogP contribution >= 0.6 is 52.4 Å². The third kappa shape index (κ3) is 8.76. The summed E-state index contributed by atoms with van der Waals surface area (Å²) in [7, 11) is -4.29. The van der Waals surface area contributed by atoms with E-state index in [1.54, 1.807) is 48.5 Å². The average molecular weight is 827 g/mol. The second-order valence-corrected chi connectivity index (χ2v) is 13.8. The van der Waals surface area contributed by atoms with Crippen LogP contribution in [0, 0.1) is 41.5 Å². The molecule has 0 amide bonds. The maximum Gasteiger partial charge on any atom is 0.458 e. The van der Waals surface area contributed by atoms with Gasteiger partial charge in [-0.15, -0.1) is 0 Å². The van der Waals surface area contributed by atoms with E-state index in [9.17, 15) is 18.7 Å². The second kappa shape index (κ2) is 16.7. The predicted octanol–water partition coefficient (Wildman–Crippen LogP) is 9.68. The van der Waals surface area contributed by atoms with Gasteiger partial charge in [0.15, 0.2) is 5.30 Å². The molecule has 0 heterocycles. The molecule has 4 rings (SSSR count). The highest BCUT2D eigenvalue weighted by Crippen LogP contribution is 2.49. The molecule has 0 saturated heterocycles. The molecule has 0 aliphatic carbocycles. The Morgan fingerprint density at radius 1 is 0.667 bits per heavy atom. The third-order valence-corrected chi connectivity index (χ3v) is 10.2. The van der Waals surface area contributed by atoms with Crippen LogP contribution in [0.4, 0.5) is 0 Å². The van der Waals surface area contributed by atoms with Crippen molar-refractivity contribution in [3.63, 3.8) is 0 Å². The molecule has 0 bridgehead atoms. The summed E-state index contributed by atoms with van der Waals surface area (Å²) in [6.45, 7) is 11.5. The van der Waals surface area contributed by atoms with Gasteiger partial charge in [0.2, 0.25) is 0 Å². The van der Waals surface area contributed by atoms with E-state index in [1.165, 1.54) is 7.11 Å². The van der Waals surface area contributed by atoms with Gasteiger partial charge in [-0.2, -0.15) is 0 Å². The van der Waals surface area contributed by atoms with Crippen LogP contribution in [0.3, 0.4) is 0 Å². The number of hydrogen-bond donors (Lipinski definition) is 0. The van der Waals surface area contributed by atoms with Gasteiger partial charge in [-0.3, -0.25) is 9.36 Å². The SMILES string of the molecule is COP(=O)(C(=O)c1c(C)cc(C)cc1C)c1ccccc1.Cc1cc(C)c(C(=O)[P+](=O)c2ccccc2)c(C)c1.II. The maximum atomic E-state index is 13.1. The van der Waals surface area contributed by atoms with Crippen LogP contribution in [0.1, 0.15) is 54.1 Å². The highest BCUT2D eigenvalue weighted by molar-refractivity contribution is 15.0. The van der Waals surface area contributed by atoms with Crippen molar-refractivity contribution in [3.05, 3.63) is 129 Å². The molecule has 0 aromatic heterocycles. The Morgan fingerprint density at radius 3 is 1.45 bits per heavy atom. The summed E-state index contributed by atoms with van der Waals surface area (Å²) >= 11 is 4.24. The van der Waals surface area contributed by atoms with Crippen molar-refractivity contribution in [2.75, 3.05) is 7.11 Å². The van der Waals surface area contributed by atoms with Crippen LogP contribution in [0.2, 0.25) is 0 Å². The van der Waals surface area contributed by atoms with E-state index in [4.69, 9.17) is 4.52 Å². The number of aryl methyl sites for hydroxylation is 6. The minimum atomic E-state index is -3.57. The van der Waals surface area contributed by atoms with Crippen molar-refractivity contribution in [2.24, 2.45) is 0 Å². The first kappa shape index (κ1) is 36.2. The van der Waals surface area contributed by atoms with Gasteiger partial charge in [0, 0.05) is 55.2 Å². The molecular formula is C33H35I2O5P2+. The monoisotopic (exact) mass is 827 g/mol. The van der Waals surface area contributed by atoms with Gasteiger partial charge in [0.25, 0.3) is 5.52 Å². The molecule has 0 N–H and O–H groups in total. The standard InChI is InChI=1S/C17H19O3P.C16H16O2P.I2/c1-12-10-13(2)16(14(3)11-12)17(18)21(19,20-4)15-8-6-5-7-9-15;1-11-9-12(2)15(13(3)10-11)16(17)19(18)14-7-5-4-6-8-14;1-2/h5-11H,1-4H3;4-10H,1-3H3;/q;+1;. The summed E-state index contributed by atoms with van der Waals surface area (Å²) < 4.78 is 30.6. The Labute approximate surface area is 273 Å². The fourth-order valence-electron chi connectivity index (χ4n) is 4.89. The lowest BCUT2D eigenvalue weighted by Crippen LogP contribution is -2.16. The van der Waals surface area contributed by atoms with Gasteiger partial charge in [-0.25, -0.2) is 4.79 Å². The first-order chi connectivity index (χ1) is 19.9. The lowest BCUT2D eigenvalue weighted by atomic mass is 10.0. The van der Waals surface area contributed by atoms with Crippen molar-refractivity contribution in [1.82, 2.24) is 0 Å². The molecule has 5 nitrogen and oxygen atoms in total. The summed E-state index contributed by atoms with van der Waals surface area (Å²) in [4.78, 5) is 25.3. The highest BCUT2D eigenvalue weighted by Gasteiger charge is 2.37. The molecule has 0 aliphatic heterocycles. The number of carbonyl (C=O) groups excluding carboxylic acids is 2. The van der Waals surface area contributed by atoms with E-state index in [2.05, 4.69) is 37.2 Å². The Kier molecular flexibility index (Phi) is 14.4. The molecule has 2 atom stereocenters. The molecule has 4 aromatic rings. The minimum absolute atomic E-state index is 0.281. The molecule has 0 radical (unpaired) electrons. The average Bonchev–Trinajstić information content (AvgIpc) is 2.97. The van der Waals surface area contributed by atoms with Crippen LogP contribution in [-0.2, 0) is 13.7 Å². The van der Waals surface area contributed by atoms with Crippen LogP contribution in [0.15, 0.2) is 84.9 Å². The molecule has 9 heteroatoms. The van der Waals surface area contributed by atoms with Crippen molar-refractivity contribution in [3.8, 4) is 0 Å². The summed E-state index contributed by atoms with van der Waals surface area (Å²) in [5.74, 6) is 0. The number of carbonyl (C=O) groups is 2. The van der Waals surface area contributed by atoms with Gasteiger partial charge < -0.3 is 4.52 Å². The highest BCUT2D eigenvalue weighted by atomic mass is 128. The maximum absolute atomic E-state index is 13.1. The third-order valence-electron chi connectivity index (χ3n) is 6.58. The smallest absolute Gasteiger partial charge is 0.323 e. The lowest BCUT2D eigenvalue weighted by molar-refractivity contribution is 0.105. The Bertz CT molecular complexity index is 1570. The van der Waals surface area contributed by atoms with Gasteiger partial charge in [0.05, 0.1) is 5.56 Å². The Hall–Kier alpha value is -2.03. The molecule has 0 fully saturated rings. The quantitative estimate of drug-likeness (QED) is 0.137. The van der Waals surface area contributed by atoms with Crippen LogP contribution in [0.25, 0.3) is 0 Å². The van der Waals surface area contributed by atoms with Gasteiger partial charge >= 0.3 is 20.7 Å². The number of benzene rings is 4. The van der Waals surface area contributed by atoms with E-state index in [-0.39, 0.29) is 5.52 Å². The normalized spacial score (nSPS) is 12.1. The number of rotatable bonds is 7. The van der Waals surface area contributed by atoms with Crippen LogP contribution in [-0.4, -0.2) is 18.2 Å². The molecule has 4 aromatic carbocycles. The molecule has 220 valence electrons. The number of halogens is 2. The molecule has 0 spiro atoms. The Balaban J connectivity index is 0.000000278. The number of hydrogen-bond acceptors (Lipinski definition) is 5. The summed E-state index contributed by atoms with van der Waals surface area (Å²) in [6, 6.07) is 25.3. The van der Waals surface area contributed by atoms with E-state index in [1.807, 2.05) is 77.9 Å². The zero-order chi connectivity index (χ0) is 31.6. The van der Waals surface area contributed by atoms with E-state index >= 15 is 0 Å². The zero-order valence-electron chi connectivity index (χ0n) is 24.8. The minimum Gasteiger partial charge on any atom is -0.323 e. The molecular weight excluding hydrogens is 792 g/mol. The largest absolute Gasteiger partial charge is 0.458 e. The van der Waals surface area contributed by atoms with E-state index < -0.39 is 20.7 Å². The fourth-order valence-corrected chi connectivity index (χ4v) is 7.95. The second-order valence-electron chi connectivity index (χ2n) is 9.86. The fraction of sp³-hybridized carbons (Fsp3) is 0.212. The molecule has 0 saturated carbocycles. The van der Waals surface area contributed by atoms with Crippen molar-refractivity contribution >= 4 is 74.1 Å². The van der Waals surface area contributed by atoms with Gasteiger partial charge in [0.1, 0.15) is 0 Å². The summed E-state index contributed by atoms with van der Waals surface area (Å²) in [5.41, 5.74) is 5.99. The first-order valence-electron chi connectivity index (χ1n) is 13.0. The zero-order valence-corrected chi connectivity index (χ0v) is 30.9. The van der Waals surface area contributed by atoms with Gasteiger partial charge in [-0.05, 0) is 88.1 Å². The van der Waals surface area contributed by atoms with Crippen molar-refractivity contribution in [2.45, 2.75) is 41.5 Å². The molecule has 2 unspecified atom stereocenters. The molecule has 0 aliphatic rings. The van der Waals surface area contributed by atoms with Crippen LogP contribution in [0.5, 0.6) is 0 Å². The van der Waals surface area contributed by atoms with Crippen molar-refractivity contribution in [1.29, 1.82) is 0 Å².